The predicted octanol–water partition coefficient (Wildman–Crippen LogP) is 3.61. The Labute approximate surface area is 100.0 Å². The number of nitrogens with zero attached hydrogens (tertiary/aromatic N) is 2. The number of aryl methyl sites for hydroxylation is 1. The Morgan fingerprint density at radius 2 is 1.76 bits per heavy atom. The monoisotopic (exact) mass is 220 g/mol. The summed E-state index contributed by atoms with van der Waals surface area (Å²) in [6.07, 6.45) is 3.59. The summed E-state index contributed by atoms with van der Waals surface area (Å²) in [5.74, 6) is 0. The van der Waals surface area contributed by atoms with Crippen LogP contribution in [0.15, 0.2) is 54.9 Å². The zero-order valence-corrected chi connectivity index (χ0v) is 9.59. The van der Waals surface area contributed by atoms with Crippen molar-refractivity contribution in [3.8, 4) is 11.1 Å². The first kappa shape index (κ1) is 9.97. The lowest BCUT2D eigenvalue weighted by Gasteiger charge is -2.06. The molecule has 0 aliphatic rings. The summed E-state index contributed by atoms with van der Waals surface area (Å²) in [5, 5.41) is 1.10. The van der Waals surface area contributed by atoms with Crippen LogP contribution in [-0.4, -0.2) is 9.97 Å². The first-order valence-corrected chi connectivity index (χ1v) is 5.61. The molecule has 3 rings (SSSR count). The maximum Gasteiger partial charge on any atom is 0.159 e. The lowest BCUT2D eigenvalue weighted by atomic mass is 10.0. The molecule has 82 valence electrons. The van der Waals surface area contributed by atoms with Crippen molar-refractivity contribution < 1.29 is 0 Å². The Kier molecular flexibility index (Phi) is 2.33. The Morgan fingerprint density at radius 3 is 2.65 bits per heavy atom. The summed E-state index contributed by atoms with van der Waals surface area (Å²) in [6, 6.07) is 14.5. The molecule has 0 N–H and O–H groups in total. The van der Waals surface area contributed by atoms with Crippen LogP contribution < -0.4 is 0 Å². The number of hydrogen-bond donors (Lipinski definition) is 0. The van der Waals surface area contributed by atoms with E-state index in [4.69, 9.17) is 0 Å². The van der Waals surface area contributed by atoms with E-state index in [1.807, 2.05) is 18.3 Å². The van der Waals surface area contributed by atoms with Crippen LogP contribution in [0.1, 0.15) is 5.56 Å². The Balaban J connectivity index is 2.30. The van der Waals surface area contributed by atoms with Crippen molar-refractivity contribution >= 4 is 11.0 Å². The highest BCUT2D eigenvalue weighted by molar-refractivity contribution is 5.92. The number of fused-ring (bicyclic) bond motifs is 1. The van der Waals surface area contributed by atoms with Gasteiger partial charge in [0.1, 0.15) is 0 Å². The van der Waals surface area contributed by atoms with E-state index in [9.17, 15) is 0 Å². The molecule has 0 amide bonds. The molecule has 2 aromatic heterocycles. The van der Waals surface area contributed by atoms with Crippen molar-refractivity contribution in [2.75, 3.05) is 0 Å². The van der Waals surface area contributed by atoms with Crippen LogP contribution in [0.5, 0.6) is 0 Å². The summed E-state index contributed by atoms with van der Waals surface area (Å²) < 4.78 is 0. The summed E-state index contributed by atoms with van der Waals surface area (Å²) in [5.41, 5.74) is 4.46. The number of pyridine rings is 2. The fraction of sp³-hybridized carbons (Fsp3) is 0.0667. The van der Waals surface area contributed by atoms with Gasteiger partial charge in [-0.05, 0) is 36.2 Å². The highest BCUT2D eigenvalue weighted by atomic mass is 14.8. The molecule has 0 radical (unpaired) electrons. The molecular weight excluding hydrogens is 208 g/mol. The highest BCUT2D eigenvalue weighted by Crippen LogP contribution is 2.26. The topological polar surface area (TPSA) is 25.8 Å². The molecule has 1 aromatic carbocycles. The molecule has 0 saturated heterocycles. The van der Waals surface area contributed by atoms with Crippen molar-refractivity contribution in [2.45, 2.75) is 6.92 Å². The molecule has 0 aliphatic heterocycles. The van der Waals surface area contributed by atoms with E-state index in [1.165, 1.54) is 16.7 Å². The number of hydrogen-bond acceptors (Lipinski definition) is 2. The minimum Gasteiger partial charge on any atom is -0.237 e. The molecule has 2 nitrogen and oxygen atoms in total. The van der Waals surface area contributed by atoms with E-state index in [1.54, 1.807) is 6.20 Å². The van der Waals surface area contributed by atoms with E-state index in [-0.39, 0.29) is 0 Å². The largest absolute Gasteiger partial charge is 0.237 e. The molecule has 0 bridgehead atoms. The highest BCUT2D eigenvalue weighted by Gasteiger charge is 2.04. The van der Waals surface area contributed by atoms with E-state index in [0.717, 1.165) is 11.0 Å². The maximum absolute atomic E-state index is 4.28. The van der Waals surface area contributed by atoms with Gasteiger partial charge in [-0.3, -0.25) is 0 Å². The third-order valence-corrected chi connectivity index (χ3v) is 2.84. The number of rotatable bonds is 1. The smallest absolute Gasteiger partial charge is 0.159 e. The summed E-state index contributed by atoms with van der Waals surface area (Å²) >= 11 is 0. The minimum atomic E-state index is 0.798. The molecule has 2 heteroatoms. The molecule has 17 heavy (non-hydrogen) atoms. The molecule has 3 aromatic rings. The van der Waals surface area contributed by atoms with Crippen LogP contribution >= 0.6 is 0 Å². The van der Waals surface area contributed by atoms with Gasteiger partial charge in [0.2, 0.25) is 0 Å². The third kappa shape index (κ3) is 1.78. The van der Waals surface area contributed by atoms with Gasteiger partial charge in [-0.15, -0.1) is 0 Å². The second-order valence-electron chi connectivity index (χ2n) is 4.10. The molecule has 0 saturated carbocycles. The van der Waals surface area contributed by atoms with Crippen LogP contribution in [0.3, 0.4) is 0 Å². The van der Waals surface area contributed by atoms with Crippen LogP contribution in [0, 0.1) is 6.92 Å². The van der Waals surface area contributed by atoms with Crippen molar-refractivity contribution in [3.05, 3.63) is 60.4 Å². The Hall–Kier alpha value is -2.22. The van der Waals surface area contributed by atoms with Crippen molar-refractivity contribution in [3.63, 3.8) is 0 Å². The van der Waals surface area contributed by atoms with Gasteiger partial charge >= 0.3 is 0 Å². The number of benzene rings is 1. The Bertz CT molecular complexity index is 669. The van der Waals surface area contributed by atoms with Gasteiger partial charge in [0.25, 0.3) is 0 Å². The summed E-state index contributed by atoms with van der Waals surface area (Å²) in [7, 11) is 0. The molecule has 0 atom stereocenters. The predicted molar refractivity (Wildman–Crippen MR) is 69.7 cm³/mol. The SMILES string of the molecule is Cc1cccc(-c2ccnc3ncccc23)c1. The average Bonchev–Trinajstić information content (AvgIpc) is 2.38. The second kappa shape index (κ2) is 3.98. The maximum atomic E-state index is 4.28. The van der Waals surface area contributed by atoms with Gasteiger partial charge in [-0.1, -0.05) is 29.8 Å². The fourth-order valence-corrected chi connectivity index (χ4v) is 2.05. The lowest BCUT2D eigenvalue weighted by Crippen LogP contribution is -1.86. The van der Waals surface area contributed by atoms with Gasteiger partial charge in [-0.2, -0.15) is 0 Å². The van der Waals surface area contributed by atoms with E-state index in [2.05, 4.69) is 47.2 Å². The van der Waals surface area contributed by atoms with Gasteiger partial charge in [-0.25, -0.2) is 9.97 Å². The van der Waals surface area contributed by atoms with Crippen molar-refractivity contribution in [2.24, 2.45) is 0 Å². The van der Waals surface area contributed by atoms with E-state index in [0.29, 0.717) is 0 Å². The van der Waals surface area contributed by atoms with Crippen LogP contribution in [0.25, 0.3) is 22.2 Å². The van der Waals surface area contributed by atoms with E-state index < -0.39 is 0 Å². The van der Waals surface area contributed by atoms with Crippen LogP contribution in [0.4, 0.5) is 0 Å². The van der Waals surface area contributed by atoms with E-state index >= 15 is 0 Å². The summed E-state index contributed by atoms with van der Waals surface area (Å²) in [6.45, 7) is 2.10. The third-order valence-electron chi connectivity index (χ3n) is 2.84. The molecule has 0 fully saturated rings. The molecule has 0 aliphatic carbocycles. The van der Waals surface area contributed by atoms with Crippen LogP contribution in [0.2, 0.25) is 0 Å². The first-order valence-electron chi connectivity index (χ1n) is 5.61. The lowest BCUT2D eigenvalue weighted by molar-refractivity contribution is 1.29. The van der Waals surface area contributed by atoms with Gasteiger partial charge in [0.05, 0.1) is 0 Å². The standard InChI is InChI=1S/C15H12N2/c1-11-4-2-5-12(10-11)13-7-9-17-15-14(13)6-3-8-16-15/h2-10H,1H3. The van der Waals surface area contributed by atoms with Gasteiger partial charge < -0.3 is 0 Å². The zero-order chi connectivity index (χ0) is 11.7. The molecule has 2 heterocycles. The average molecular weight is 220 g/mol. The van der Waals surface area contributed by atoms with Gasteiger partial charge in [0.15, 0.2) is 5.65 Å². The first-order chi connectivity index (χ1) is 8.34. The van der Waals surface area contributed by atoms with Crippen LogP contribution in [-0.2, 0) is 0 Å². The second-order valence-corrected chi connectivity index (χ2v) is 4.10. The summed E-state index contributed by atoms with van der Waals surface area (Å²) in [4.78, 5) is 8.56. The van der Waals surface area contributed by atoms with Gasteiger partial charge in [0, 0.05) is 17.8 Å². The fourth-order valence-electron chi connectivity index (χ4n) is 2.05. The molecular formula is C15H12N2. The van der Waals surface area contributed by atoms with Crippen molar-refractivity contribution in [1.29, 1.82) is 0 Å². The Morgan fingerprint density at radius 1 is 0.882 bits per heavy atom. The normalized spacial score (nSPS) is 10.6. The minimum absolute atomic E-state index is 0.798. The number of aromatic nitrogens is 2. The zero-order valence-electron chi connectivity index (χ0n) is 9.59. The van der Waals surface area contributed by atoms with Crippen molar-refractivity contribution in [1.82, 2.24) is 9.97 Å². The quantitative estimate of drug-likeness (QED) is 0.626. The molecule has 0 spiro atoms. The molecule has 0 unspecified atom stereocenters.